The number of thiophene rings is 1. The molecule has 20 heavy (non-hydrogen) atoms. The van der Waals surface area contributed by atoms with Crippen LogP contribution < -0.4 is 0 Å². The van der Waals surface area contributed by atoms with Crippen LogP contribution in [0.2, 0.25) is 0 Å². The molecule has 1 aromatic heterocycles. The minimum atomic E-state index is 0.122. The van der Waals surface area contributed by atoms with Crippen molar-refractivity contribution in [1.82, 2.24) is 4.90 Å². The zero-order valence-corrected chi connectivity index (χ0v) is 12.7. The monoisotopic (exact) mass is 293 g/mol. The van der Waals surface area contributed by atoms with Gasteiger partial charge in [-0.2, -0.15) is 0 Å². The Morgan fingerprint density at radius 3 is 2.95 bits per heavy atom. The molecule has 1 aromatic rings. The van der Waals surface area contributed by atoms with Crippen molar-refractivity contribution < 1.29 is 10.2 Å². The second kappa shape index (κ2) is 8.43. The van der Waals surface area contributed by atoms with Crippen molar-refractivity contribution in [1.29, 1.82) is 0 Å². The maximum absolute atomic E-state index is 9.53. The molecule has 3 nitrogen and oxygen atoms in total. The number of nitrogens with zero attached hydrogens (tertiary/aromatic N) is 1. The van der Waals surface area contributed by atoms with Gasteiger partial charge in [-0.05, 0) is 31.5 Å². The topological polar surface area (TPSA) is 43.7 Å². The second-order valence-electron chi connectivity index (χ2n) is 5.20. The van der Waals surface area contributed by atoms with Crippen LogP contribution >= 0.6 is 11.3 Å². The van der Waals surface area contributed by atoms with Crippen LogP contribution in [-0.4, -0.2) is 40.9 Å². The van der Waals surface area contributed by atoms with E-state index in [1.807, 2.05) is 0 Å². The minimum absolute atomic E-state index is 0.122. The fourth-order valence-electron chi connectivity index (χ4n) is 2.59. The van der Waals surface area contributed by atoms with Crippen LogP contribution in [0, 0.1) is 11.8 Å². The van der Waals surface area contributed by atoms with E-state index in [0.717, 1.165) is 24.4 Å². The molecule has 1 atom stereocenters. The summed E-state index contributed by atoms with van der Waals surface area (Å²) in [6.45, 7) is 2.37. The highest BCUT2D eigenvalue weighted by atomic mass is 32.1. The van der Waals surface area contributed by atoms with Crippen LogP contribution in [0.15, 0.2) is 12.1 Å². The van der Waals surface area contributed by atoms with Gasteiger partial charge < -0.3 is 10.2 Å². The highest BCUT2D eigenvalue weighted by Gasteiger charge is 2.20. The second-order valence-corrected chi connectivity index (χ2v) is 6.37. The third-order valence-electron chi connectivity index (χ3n) is 3.68. The fourth-order valence-corrected chi connectivity index (χ4v) is 3.50. The number of rotatable bonds is 4. The molecule has 1 saturated heterocycles. The predicted octanol–water partition coefficient (Wildman–Crippen LogP) is 2.22. The molecule has 0 spiro atoms. The minimum Gasteiger partial charge on any atom is -0.395 e. The van der Waals surface area contributed by atoms with Crippen molar-refractivity contribution >= 4 is 11.3 Å². The largest absolute Gasteiger partial charge is 0.395 e. The highest BCUT2D eigenvalue weighted by Crippen LogP contribution is 2.22. The molecule has 1 unspecified atom stereocenters. The average Bonchev–Trinajstić information content (AvgIpc) is 2.77. The molecule has 1 fully saturated rings. The Balaban J connectivity index is 1.96. The van der Waals surface area contributed by atoms with Crippen LogP contribution in [0.5, 0.6) is 0 Å². The lowest BCUT2D eigenvalue weighted by molar-refractivity contribution is 0.119. The van der Waals surface area contributed by atoms with Gasteiger partial charge in [-0.3, -0.25) is 4.90 Å². The quantitative estimate of drug-likeness (QED) is 0.837. The Kier molecular flexibility index (Phi) is 6.55. The van der Waals surface area contributed by atoms with Crippen molar-refractivity contribution in [3.63, 3.8) is 0 Å². The number of hydrogen-bond acceptors (Lipinski definition) is 4. The summed E-state index contributed by atoms with van der Waals surface area (Å²) >= 11 is 1.72. The summed E-state index contributed by atoms with van der Waals surface area (Å²) in [6.07, 6.45) is 5.36. The molecule has 110 valence electrons. The lowest BCUT2D eigenvalue weighted by Gasteiger charge is -2.27. The maximum Gasteiger partial charge on any atom is 0.0771 e. The van der Waals surface area contributed by atoms with E-state index in [1.54, 1.807) is 11.3 Å². The van der Waals surface area contributed by atoms with Crippen molar-refractivity contribution in [2.75, 3.05) is 19.8 Å². The Morgan fingerprint density at radius 1 is 1.25 bits per heavy atom. The molecule has 0 aromatic carbocycles. The molecule has 2 N–H and O–H groups in total. The maximum atomic E-state index is 9.53. The van der Waals surface area contributed by atoms with Gasteiger partial charge in [0.1, 0.15) is 0 Å². The van der Waals surface area contributed by atoms with E-state index in [-0.39, 0.29) is 13.2 Å². The standard InChI is InChI=1S/C16H23NO2S/c18-11-5-3-7-15-8-9-16(20-15)12-17-10-4-1-2-6-14(17)13-19/h8-9,14,18-19H,1-2,4-6,10-13H2. The molecule has 1 aliphatic rings. The summed E-state index contributed by atoms with van der Waals surface area (Å²) in [7, 11) is 0. The van der Waals surface area contributed by atoms with Gasteiger partial charge in [-0.25, -0.2) is 0 Å². The van der Waals surface area contributed by atoms with Gasteiger partial charge in [0.15, 0.2) is 0 Å². The smallest absolute Gasteiger partial charge is 0.0771 e. The molecule has 0 radical (unpaired) electrons. The normalized spacial score (nSPS) is 20.2. The third kappa shape index (κ3) is 4.60. The number of aliphatic hydroxyl groups excluding tert-OH is 2. The number of likely N-dealkylation sites (tertiary alicyclic amines) is 1. The fraction of sp³-hybridized carbons (Fsp3) is 0.625. The Labute approximate surface area is 125 Å². The van der Waals surface area contributed by atoms with E-state index in [2.05, 4.69) is 28.9 Å². The highest BCUT2D eigenvalue weighted by molar-refractivity contribution is 7.12. The molecule has 0 saturated carbocycles. The van der Waals surface area contributed by atoms with Gasteiger partial charge in [0, 0.05) is 23.9 Å². The van der Waals surface area contributed by atoms with E-state index in [9.17, 15) is 5.11 Å². The van der Waals surface area contributed by atoms with Crippen molar-refractivity contribution in [3.05, 3.63) is 21.9 Å². The first-order chi connectivity index (χ1) is 9.83. The van der Waals surface area contributed by atoms with E-state index >= 15 is 0 Å². The van der Waals surface area contributed by atoms with Crippen LogP contribution in [0.4, 0.5) is 0 Å². The van der Waals surface area contributed by atoms with Crippen molar-refractivity contribution in [2.24, 2.45) is 0 Å². The average molecular weight is 293 g/mol. The first-order valence-corrected chi connectivity index (χ1v) is 8.18. The first-order valence-electron chi connectivity index (χ1n) is 7.37. The third-order valence-corrected chi connectivity index (χ3v) is 4.66. The van der Waals surface area contributed by atoms with Crippen LogP contribution in [0.3, 0.4) is 0 Å². The summed E-state index contributed by atoms with van der Waals surface area (Å²) < 4.78 is 0. The Morgan fingerprint density at radius 2 is 2.15 bits per heavy atom. The van der Waals surface area contributed by atoms with Crippen LogP contribution in [0.1, 0.15) is 41.9 Å². The molecule has 2 heterocycles. The van der Waals surface area contributed by atoms with Gasteiger partial charge in [-0.1, -0.05) is 24.7 Å². The van der Waals surface area contributed by atoms with E-state index in [4.69, 9.17) is 5.11 Å². The zero-order chi connectivity index (χ0) is 14.2. The van der Waals surface area contributed by atoms with Crippen molar-refractivity contribution in [3.8, 4) is 11.8 Å². The molecule has 2 rings (SSSR count). The van der Waals surface area contributed by atoms with Crippen molar-refractivity contribution in [2.45, 2.75) is 44.7 Å². The SMILES string of the molecule is OCCC#Cc1ccc(CN2CCCCCC2CO)s1. The zero-order valence-electron chi connectivity index (χ0n) is 11.8. The molecule has 0 amide bonds. The van der Waals surface area contributed by atoms with Gasteiger partial charge in [0.05, 0.1) is 18.1 Å². The summed E-state index contributed by atoms with van der Waals surface area (Å²) in [5, 5.41) is 18.2. The molecule has 4 heteroatoms. The van der Waals surface area contributed by atoms with E-state index in [1.165, 1.54) is 24.1 Å². The summed E-state index contributed by atoms with van der Waals surface area (Å²) in [5.74, 6) is 6.04. The van der Waals surface area contributed by atoms with Gasteiger partial charge in [-0.15, -0.1) is 11.3 Å². The van der Waals surface area contributed by atoms with Gasteiger partial charge in [0.2, 0.25) is 0 Å². The lowest BCUT2D eigenvalue weighted by atomic mass is 10.1. The van der Waals surface area contributed by atoms with Gasteiger partial charge in [0.25, 0.3) is 0 Å². The number of hydrogen-bond donors (Lipinski definition) is 2. The molecular formula is C16H23NO2S. The summed E-state index contributed by atoms with van der Waals surface area (Å²) in [6, 6.07) is 4.49. The van der Waals surface area contributed by atoms with Crippen LogP contribution in [0.25, 0.3) is 0 Å². The predicted molar refractivity (Wildman–Crippen MR) is 82.7 cm³/mol. The molecule has 0 bridgehead atoms. The first kappa shape index (κ1) is 15.5. The summed E-state index contributed by atoms with van der Waals surface area (Å²) in [4.78, 5) is 4.77. The summed E-state index contributed by atoms with van der Waals surface area (Å²) in [5.41, 5.74) is 0. The number of aliphatic hydroxyl groups is 2. The Bertz CT molecular complexity index is 461. The van der Waals surface area contributed by atoms with Crippen LogP contribution in [-0.2, 0) is 6.54 Å². The Hall–Kier alpha value is -0.860. The molecular weight excluding hydrogens is 270 g/mol. The molecule has 1 aliphatic heterocycles. The lowest BCUT2D eigenvalue weighted by Crippen LogP contribution is -2.36. The molecule has 0 aliphatic carbocycles. The van der Waals surface area contributed by atoms with E-state index in [0.29, 0.717) is 12.5 Å². The van der Waals surface area contributed by atoms with Gasteiger partial charge >= 0.3 is 0 Å². The van der Waals surface area contributed by atoms with E-state index < -0.39 is 0 Å².